The number of hydrogen-bond acceptors (Lipinski definition) is 10. The van der Waals surface area contributed by atoms with E-state index in [4.69, 9.17) is 31.8 Å². The largest absolute Gasteiger partial charge is 0.489 e. The molecule has 6 heterocycles. The van der Waals surface area contributed by atoms with E-state index in [2.05, 4.69) is 15.2 Å². The lowest BCUT2D eigenvalue weighted by Crippen LogP contribution is -2.64. The molecule has 2 amide bonds. The van der Waals surface area contributed by atoms with Crippen molar-refractivity contribution in [2.24, 2.45) is 0 Å². The normalized spacial score (nSPS) is 22.1. The fourth-order valence-electron chi connectivity index (χ4n) is 7.90. The second-order valence-corrected chi connectivity index (χ2v) is 15.1. The third-order valence-corrected chi connectivity index (χ3v) is 11.6. The first-order chi connectivity index (χ1) is 24.0. The molecule has 8 rings (SSSR count). The number of nitrogen functional groups attached to an aromatic ring is 1. The summed E-state index contributed by atoms with van der Waals surface area (Å²) in [7, 11) is 0. The highest BCUT2D eigenvalue weighted by molar-refractivity contribution is 7.23. The summed E-state index contributed by atoms with van der Waals surface area (Å²) < 4.78 is 59.4. The Hall–Kier alpha value is -4.26. The molecule has 16 heteroatoms. The van der Waals surface area contributed by atoms with Gasteiger partial charge in [0, 0.05) is 43.0 Å². The molecule has 11 nitrogen and oxygen atoms in total. The minimum Gasteiger partial charge on any atom is -0.489 e. The third-order valence-electron chi connectivity index (χ3n) is 10.2. The van der Waals surface area contributed by atoms with Crippen LogP contribution in [0.3, 0.4) is 0 Å². The number of urea groups is 1. The zero-order chi connectivity index (χ0) is 35.1. The Labute approximate surface area is 294 Å². The number of nitrogens with one attached hydrogen (secondary N) is 1. The molecule has 50 heavy (non-hydrogen) atoms. The lowest BCUT2D eigenvalue weighted by atomic mass is 9.95. The van der Waals surface area contributed by atoms with Gasteiger partial charge in [0.25, 0.3) is 0 Å². The minimum atomic E-state index is -0.968. The Balaban J connectivity index is 1.28. The number of carbonyl (C=O) groups is 1. The molecular formula is C34H34ClF3N8O3S. The quantitative estimate of drug-likeness (QED) is 0.251. The van der Waals surface area contributed by atoms with Crippen LogP contribution in [0.5, 0.6) is 11.8 Å². The van der Waals surface area contributed by atoms with Crippen molar-refractivity contribution in [3.63, 3.8) is 0 Å². The van der Waals surface area contributed by atoms with Gasteiger partial charge in [0.05, 0.1) is 38.8 Å². The van der Waals surface area contributed by atoms with Crippen LogP contribution in [-0.4, -0.2) is 95.5 Å². The molecular weight excluding hydrogens is 693 g/mol. The van der Waals surface area contributed by atoms with Crippen LogP contribution in [0.2, 0.25) is 5.02 Å². The van der Waals surface area contributed by atoms with E-state index in [1.165, 1.54) is 12.1 Å². The Morgan fingerprint density at radius 2 is 2.06 bits per heavy atom. The highest BCUT2D eigenvalue weighted by Gasteiger charge is 2.49. The van der Waals surface area contributed by atoms with Crippen molar-refractivity contribution in [3.8, 4) is 29.0 Å². The van der Waals surface area contributed by atoms with Crippen molar-refractivity contribution >= 4 is 60.8 Å². The molecule has 2 aromatic carbocycles. The standard InChI is InChI=1S/C34H34ClF3N8O3S/c1-16(2)41-33(47)44-13-18(14-44)46-8-9-48-28-24-27(42-32(43-31(24)46)49-15-34-6-3-7-45(34)12-17(36)10-34)26(38)23(25(28)35)19-4-5-21(37)29-22(19)20(11-39)30(40)50-29/h4-5,16-18H,3,6-10,12-15,40H2,1-2H3,(H,41,47)/t17-,34+/m1/s1. The first-order valence-electron chi connectivity index (χ1n) is 16.6. The van der Waals surface area contributed by atoms with Crippen LogP contribution in [0, 0.1) is 23.0 Å². The van der Waals surface area contributed by atoms with Gasteiger partial charge >= 0.3 is 12.0 Å². The number of rotatable bonds is 6. The Kier molecular flexibility index (Phi) is 8.04. The summed E-state index contributed by atoms with van der Waals surface area (Å²) >= 11 is 7.92. The van der Waals surface area contributed by atoms with E-state index in [1.807, 2.05) is 24.8 Å². The van der Waals surface area contributed by atoms with Gasteiger partial charge in [-0.1, -0.05) is 17.7 Å². The SMILES string of the molecule is CC(C)NC(=O)N1CC(N2CCOc3c(Cl)c(-c4ccc(F)c5sc(N)c(C#N)c45)c(F)c4nc(OC[C@@]56CCCN5C[C@H](F)C6)nc2c34)C1. The molecule has 4 aliphatic heterocycles. The van der Waals surface area contributed by atoms with E-state index in [1.54, 1.807) is 4.90 Å². The van der Waals surface area contributed by atoms with Crippen molar-refractivity contribution < 1.29 is 27.4 Å². The number of anilines is 2. The van der Waals surface area contributed by atoms with Crippen LogP contribution < -0.4 is 25.4 Å². The summed E-state index contributed by atoms with van der Waals surface area (Å²) in [4.78, 5) is 27.8. The number of alkyl halides is 1. The molecule has 0 radical (unpaired) electrons. The summed E-state index contributed by atoms with van der Waals surface area (Å²) in [5, 5.41) is 13.2. The van der Waals surface area contributed by atoms with Crippen molar-refractivity contribution in [1.29, 1.82) is 5.26 Å². The van der Waals surface area contributed by atoms with Gasteiger partial charge in [0.2, 0.25) is 0 Å². The van der Waals surface area contributed by atoms with Gasteiger partial charge in [0.15, 0.2) is 11.6 Å². The van der Waals surface area contributed by atoms with Crippen molar-refractivity contribution in [2.45, 2.75) is 56.9 Å². The number of nitrogens with zero attached hydrogens (tertiary/aromatic N) is 6. The van der Waals surface area contributed by atoms with Gasteiger partial charge in [0.1, 0.15) is 47.6 Å². The second kappa shape index (κ2) is 12.2. The maximum Gasteiger partial charge on any atom is 0.319 e. The molecule has 2 aromatic heterocycles. The number of carbonyl (C=O) groups excluding carboxylic acids is 1. The lowest BCUT2D eigenvalue weighted by molar-refractivity contribution is 0.107. The second-order valence-electron chi connectivity index (χ2n) is 13.7. The molecule has 4 aromatic rings. The van der Waals surface area contributed by atoms with E-state index >= 15 is 8.78 Å². The lowest BCUT2D eigenvalue weighted by Gasteiger charge is -2.45. The van der Waals surface area contributed by atoms with Gasteiger partial charge in [-0.05, 0) is 44.9 Å². The number of likely N-dealkylation sites (tertiary alicyclic amines) is 1. The predicted molar refractivity (Wildman–Crippen MR) is 185 cm³/mol. The van der Waals surface area contributed by atoms with Crippen molar-refractivity contribution in [3.05, 3.63) is 34.4 Å². The number of aromatic nitrogens is 2. The molecule has 0 aliphatic carbocycles. The molecule has 0 spiro atoms. The van der Waals surface area contributed by atoms with E-state index in [0.29, 0.717) is 38.4 Å². The molecule has 0 saturated carbocycles. The summed E-state index contributed by atoms with van der Waals surface area (Å²) in [6, 6.07) is 4.08. The fraction of sp³-hybridized carbons (Fsp3) is 0.471. The number of benzene rings is 2. The molecule has 3 saturated heterocycles. The number of hydrogen-bond donors (Lipinski definition) is 2. The number of ether oxygens (including phenoxy) is 2. The monoisotopic (exact) mass is 726 g/mol. The number of thiophene rings is 1. The first kappa shape index (κ1) is 32.9. The average molecular weight is 727 g/mol. The maximum atomic E-state index is 17.2. The number of halogens is 4. The number of amides is 2. The number of nitriles is 1. The summed E-state index contributed by atoms with van der Waals surface area (Å²) in [6.07, 6.45) is 1.03. The van der Waals surface area contributed by atoms with Crippen LogP contribution in [0.4, 0.5) is 28.8 Å². The highest BCUT2D eigenvalue weighted by Crippen LogP contribution is 2.51. The predicted octanol–water partition coefficient (Wildman–Crippen LogP) is 5.85. The van der Waals surface area contributed by atoms with Gasteiger partial charge in [-0.15, -0.1) is 11.3 Å². The molecule has 2 atom stereocenters. The van der Waals surface area contributed by atoms with Gasteiger partial charge in [-0.25, -0.2) is 18.0 Å². The number of fused-ring (bicyclic) bond motifs is 2. The Morgan fingerprint density at radius 3 is 2.82 bits per heavy atom. The molecule has 4 aliphatic rings. The third kappa shape index (κ3) is 5.13. The zero-order valence-electron chi connectivity index (χ0n) is 27.4. The van der Waals surface area contributed by atoms with Gasteiger partial charge < -0.3 is 30.3 Å². The molecule has 262 valence electrons. The summed E-state index contributed by atoms with van der Waals surface area (Å²) in [6.45, 7) is 6.26. The summed E-state index contributed by atoms with van der Waals surface area (Å²) in [5.74, 6) is -0.988. The van der Waals surface area contributed by atoms with Crippen LogP contribution in [0.1, 0.15) is 38.7 Å². The van der Waals surface area contributed by atoms with Crippen LogP contribution in [0.25, 0.3) is 32.1 Å². The van der Waals surface area contributed by atoms with Crippen molar-refractivity contribution in [2.75, 3.05) is 56.6 Å². The molecule has 3 fully saturated rings. The van der Waals surface area contributed by atoms with E-state index in [9.17, 15) is 14.4 Å². The molecule has 3 N–H and O–H groups in total. The highest BCUT2D eigenvalue weighted by atomic mass is 35.5. The maximum absolute atomic E-state index is 17.2. The number of nitrogens with two attached hydrogens (primary N) is 1. The molecule has 0 unspecified atom stereocenters. The Bertz CT molecular complexity index is 2100. The Morgan fingerprint density at radius 1 is 1.26 bits per heavy atom. The van der Waals surface area contributed by atoms with Gasteiger partial charge in [-0.3, -0.25) is 4.90 Å². The average Bonchev–Trinajstić information content (AvgIpc) is 3.65. The minimum absolute atomic E-state index is 0.0135. The van der Waals surface area contributed by atoms with E-state index < -0.39 is 23.3 Å². The van der Waals surface area contributed by atoms with E-state index in [-0.39, 0.29) is 90.8 Å². The van der Waals surface area contributed by atoms with Crippen LogP contribution >= 0.6 is 22.9 Å². The topological polar surface area (TPSA) is 133 Å². The van der Waals surface area contributed by atoms with Crippen molar-refractivity contribution in [1.82, 2.24) is 25.1 Å². The van der Waals surface area contributed by atoms with Crippen LogP contribution in [-0.2, 0) is 0 Å². The smallest absolute Gasteiger partial charge is 0.319 e. The summed E-state index contributed by atoms with van der Waals surface area (Å²) in [5.41, 5.74) is 5.49. The fourth-order valence-corrected chi connectivity index (χ4v) is 9.18. The van der Waals surface area contributed by atoms with Crippen LogP contribution in [0.15, 0.2) is 12.1 Å². The van der Waals surface area contributed by atoms with E-state index in [0.717, 1.165) is 30.7 Å². The first-order valence-corrected chi connectivity index (χ1v) is 17.8. The zero-order valence-corrected chi connectivity index (χ0v) is 28.9. The van der Waals surface area contributed by atoms with Gasteiger partial charge in [-0.2, -0.15) is 15.2 Å². The molecule has 0 bridgehead atoms.